The first-order valence-corrected chi connectivity index (χ1v) is 52.4. The van der Waals surface area contributed by atoms with Crippen molar-refractivity contribution in [3.8, 4) is 68.2 Å². The van der Waals surface area contributed by atoms with Crippen LogP contribution < -0.4 is 28.7 Å². The highest BCUT2D eigenvalue weighted by atomic mass is 16.5. The van der Waals surface area contributed by atoms with E-state index in [2.05, 4.69) is 347 Å². The topological polar surface area (TPSA) is 112 Å². The van der Waals surface area contributed by atoms with E-state index >= 15 is 19.2 Å². The van der Waals surface area contributed by atoms with Crippen LogP contribution in [-0.4, -0.2) is 23.6 Å². The SMILES string of the molecule is CCc1cc(C(C)C)c(N2C(=O)c3cc(Oc4ccc(C(C)(C)C)cc4)c4c5c(c(Oc6ccc(C(C)(C)C)cc6)cc(c35)C2=O)C2=CC=C3c5cc6cc7c(cc6cc5C5=CC=C4C2C53)C=Cc2cc3cc4c(cc3cc2C=C7)-c2ccc3c5c(Oc6ccc(C(C)(C)C)cc6)cc6c7c(cc(Oc8ccc(C(C)(C)C)cc8)c(c8ccc-4c2c83)c75)C(=O)N(c2c(C(C)C)cc(CC)cc2C(C)C)C6=O)c(C(C)C)c1. The number of hydrogen-bond acceptors (Lipinski definition) is 8. The summed E-state index contributed by atoms with van der Waals surface area (Å²) in [5.74, 6) is 2.66. The van der Waals surface area contributed by atoms with Gasteiger partial charge in [0.15, 0.2) is 0 Å². The Kier molecular flexibility index (Phi) is 20.5. The third-order valence-corrected chi connectivity index (χ3v) is 32.7. The number of ether oxygens (including phenoxy) is 4. The van der Waals surface area contributed by atoms with Crippen LogP contribution in [0.15, 0.2) is 243 Å². The molecule has 0 atom stereocenters. The van der Waals surface area contributed by atoms with Crippen molar-refractivity contribution in [2.24, 2.45) is 11.8 Å². The molecule has 8 aliphatic rings. The summed E-state index contributed by atoms with van der Waals surface area (Å²) in [6, 6.07) is 78.0. The van der Waals surface area contributed by atoms with E-state index in [0.29, 0.717) is 90.4 Å². The van der Waals surface area contributed by atoms with E-state index in [4.69, 9.17) is 18.9 Å². The maximum Gasteiger partial charge on any atom is 0.266 e. The molecule has 10 nitrogen and oxygen atoms in total. The summed E-state index contributed by atoms with van der Waals surface area (Å²) in [5.41, 5.74) is 30.8. The number of carbonyl (C=O) groups excluding carboxylic acids is 4. The zero-order chi connectivity index (χ0) is 101. The van der Waals surface area contributed by atoms with Crippen molar-refractivity contribution < 1.29 is 38.1 Å². The minimum Gasteiger partial charge on any atom is -0.457 e. The van der Waals surface area contributed by atoms with Crippen molar-refractivity contribution in [2.45, 2.75) is 210 Å². The summed E-state index contributed by atoms with van der Waals surface area (Å²) in [5, 5.41) is 12.8. The number of amides is 4. The smallest absolute Gasteiger partial charge is 0.266 e. The van der Waals surface area contributed by atoms with E-state index < -0.39 is 11.8 Å². The summed E-state index contributed by atoms with van der Waals surface area (Å²) >= 11 is 0. The lowest BCUT2D eigenvalue weighted by molar-refractivity contribution is 0.0877. The van der Waals surface area contributed by atoms with Crippen LogP contribution in [0.2, 0.25) is 0 Å². The van der Waals surface area contributed by atoms with Gasteiger partial charge in [-0.05, 0) is 356 Å². The first-order chi connectivity index (χ1) is 69.7. The summed E-state index contributed by atoms with van der Waals surface area (Å²) in [6.45, 7) is 48.1. The highest BCUT2D eigenvalue weighted by Gasteiger charge is 2.52. The fraction of sp³-hybridized carbons (Fsp3) is 0.250. The molecule has 0 N–H and O–H groups in total. The lowest BCUT2D eigenvalue weighted by Gasteiger charge is -2.42. The van der Waals surface area contributed by atoms with Gasteiger partial charge in [0.1, 0.15) is 46.0 Å². The lowest BCUT2D eigenvalue weighted by Crippen LogP contribution is -2.42. The van der Waals surface area contributed by atoms with Gasteiger partial charge < -0.3 is 18.9 Å². The molecular formula is C136H120N2O8. The molecule has 0 fully saturated rings. The molecule has 17 aromatic carbocycles. The standard InChI is InChI=1S/C136H120N2O8/c1-23-73-53-99(69(3)4)127(100(54-73)70(5)6)137-129(139)107-65-111(143-87-37-29-83(30-38-87)133(11,12)13)121-95-49-45-91-103-61-79-57-75-25-27-77-59-81-63-105-93-47-51-97-118-98(52-48-94(116(93)118)106(105)64-82(81)60-78(77)28-26-76(75)58-80(79)62-104(103)92-46-50-96(117(95)115(91)92)122-112(66-108(130(137)140)119(107)125(121)122)144-88-39-31-84(32-40-88)134(14,15)16)124-114(146-90-43-35-86(36-44-90)136(20,21)22)68-110-120-109(67-113(123(97)126(120)124)145-89-41-33-85(34-42-89)135(17,18)19)131(141)138(132(110)142)128-101(71(7)8)55-74(24-2)56-102(128)72(9)10/h25-72,115,117H,23-24H2,1-22H3. The number of aryl methyl sites for hydroxylation is 2. The minimum absolute atomic E-state index is 0.00877. The Labute approximate surface area is 854 Å². The molecule has 0 saturated carbocycles. The second kappa shape index (κ2) is 32.6. The molecule has 25 rings (SSSR count). The van der Waals surface area contributed by atoms with Crippen molar-refractivity contribution >= 4 is 157 Å². The van der Waals surface area contributed by atoms with Crippen LogP contribution in [0.1, 0.15) is 318 Å². The molecule has 722 valence electrons. The Morgan fingerprint density at radius 1 is 0.260 bits per heavy atom. The van der Waals surface area contributed by atoms with Crippen molar-refractivity contribution in [2.75, 3.05) is 9.80 Å². The molecule has 17 aromatic rings. The van der Waals surface area contributed by atoms with Gasteiger partial charge in [-0.15, -0.1) is 0 Å². The van der Waals surface area contributed by atoms with Gasteiger partial charge in [-0.25, -0.2) is 9.80 Å². The predicted molar refractivity (Wildman–Crippen MR) is 605 cm³/mol. The van der Waals surface area contributed by atoms with Crippen LogP contribution >= 0.6 is 0 Å². The number of allylic oxidation sites excluding steroid dienone is 8. The second-order valence-corrected chi connectivity index (χ2v) is 47.3. The highest BCUT2D eigenvalue weighted by molar-refractivity contribution is 6.46. The molecule has 2 heterocycles. The van der Waals surface area contributed by atoms with Crippen molar-refractivity contribution in [3.05, 3.63) is 365 Å². The van der Waals surface area contributed by atoms with E-state index in [1.165, 1.54) is 43.2 Å². The van der Waals surface area contributed by atoms with Crippen molar-refractivity contribution in [3.63, 3.8) is 0 Å². The number of anilines is 2. The largest absolute Gasteiger partial charge is 0.457 e. The molecule has 10 heteroatoms. The van der Waals surface area contributed by atoms with Gasteiger partial charge in [0.05, 0.1) is 33.6 Å². The zero-order valence-corrected chi connectivity index (χ0v) is 87.4. The summed E-state index contributed by atoms with van der Waals surface area (Å²) in [7, 11) is 0. The van der Waals surface area contributed by atoms with E-state index in [-0.39, 0.29) is 69.0 Å². The molecule has 0 spiro atoms. The lowest BCUT2D eigenvalue weighted by atomic mass is 9.62. The van der Waals surface area contributed by atoms with Crippen LogP contribution in [-0.2, 0) is 34.5 Å². The Morgan fingerprint density at radius 3 is 0.822 bits per heavy atom. The average molecular weight is 1910 g/mol. The zero-order valence-electron chi connectivity index (χ0n) is 87.4. The fourth-order valence-electron chi connectivity index (χ4n) is 24.9. The molecule has 0 saturated heterocycles. The molecule has 146 heavy (non-hydrogen) atoms. The number of benzene rings is 17. The number of rotatable bonds is 16. The molecule has 0 unspecified atom stereocenters. The number of hydrogen-bond donors (Lipinski definition) is 0. The number of nitrogens with zero attached hydrogens (tertiary/aromatic N) is 2. The van der Waals surface area contributed by atoms with Crippen molar-refractivity contribution in [1.82, 2.24) is 0 Å². The maximum absolute atomic E-state index is 16.4. The third kappa shape index (κ3) is 14.0. The van der Waals surface area contributed by atoms with E-state index in [0.717, 1.165) is 189 Å². The summed E-state index contributed by atoms with van der Waals surface area (Å²) in [6.07, 6.45) is 20.0. The van der Waals surface area contributed by atoms with Gasteiger partial charge in [-0.3, -0.25) is 19.2 Å². The third-order valence-electron chi connectivity index (χ3n) is 32.7. The van der Waals surface area contributed by atoms with Crippen LogP contribution in [0.25, 0.3) is 144 Å². The Balaban J connectivity index is 0.618. The molecule has 6 aliphatic carbocycles. The first kappa shape index (κ1) is 91.9. The maximum atomic E-state index is 16.4. The molecule has 0 radical (unpaired) electrons. The Bertz CT molecular complexity index is 8470. The van der Waals surface area contributed by atoms with Crippen LogP contribution in [0.5, 0.6) is 46.0 Å². The van der Waals surface area contributed by atoms with Gasteiger partial charge in [0.2, 0.25) is 0 Å². The normalized spacial score (nSPS) is 15.9. The number of fused-ring (bicyclic) bond motifs is 14. The highest BCUT2D eigenvalue weighted by Crippen LogP contribution is 2.67. The first-order valence-electron chi connectivity index (χ1n) is 52.4. The Morgan fingerprint density at radius 2 is 0.527 bits per heavy atom. The van der Waals surface area contributed by atoms with Crippen molar-refractivity contribution in [1.29, 1.82) is 0 Å². The summed E-state index contributed by atoms with van der Waals surface area (Å²) < 4.78 is 29.7. The van der Waals surface area contributed by atoms with Gasteiger partial charge in [0.25, 0.3) is 23.6 Å². The molecule has 2 aliphatic heterocycles. The quantitative estimate of drug-likeness (QED) is 0.0534. The summed E-state index contributed by atoms with van der Waals surface area (Å²) in [4.78, 5) is 68.6. The van der Waals surface area contributed by atoms with Gasteiger partial charge >= 0.3 is 0 Å². The van der Waals surface area contributed by atoms with E-state index in [9.17, 15) is 0 Å². The van der Waals surface area contributed by atoms with Crippen LogP contribution in [0.3, 0.4) is 0 Å². The number of carbonyl (C=O) groups is 4. The average Bonchev–Trinajstić information content (AvgIpc) is 1.25. The van der Waals surface area contributed by atoms with Gasteiger partial charge in [-0.1, -0.05) is 298 Å². The van der Waals surface area contributed by atoms with Crippen LogP contribution in [0.4, 0.5) is 11.4 Å². The van der Waals surface area contributed by atoms with Crippen LogP contribution in [0, 0.1) is 11.8 Å². The molecule has 4 amide bonds. The molecule has 0 bridgehead atoms. The van der Waals surface area contributed by atoms with Gasteiger partial charge in [-0.2, -0.15) is 0 Å². The van der Waals surface area contributed by atoms with Gasteiger partial charge in [0, 0.05) is 55.3 Å². The minimum atomic E-state index is -0.395. The van der Waals surface area contributed by atoms with E-state index in [1.54, 1.807) is 0 Å². The van der Waals surface area contributed by atoms with E-state index in [1.807, 2.05) is 72.8 Å². The molecule has 0 aromatic heterocycles. The number of imide groups is 2. The monoisotopic (exact) mass is 1910 g/mol. The second-order valence-electron chi connectivity index (χ2n) is 47.3. The fourth-order valence-corrected chi connectivity index (χ4v) is 24.9. The Hall–Kier alpha value is -15.3. The predicted octanol–water partition coefficient (Wildman–Crippen LogP) is 36.6. The molecular weight excluding hydrogens is 1790 g/mol.